The van der Waals surface area contributed by atoms with Gasteiger partial charge >= 0.3 is 5.97 Å². The van der Waals surface area contributed by atoms with Crippen LogP contribution in [0.3, 0.4) is 0 Å². The lowest BCUT2D eigenvalue weighted by Crippen LogP contribution is -2.35. The highest BCUT2D eigenvalue weighted by Gasteiger charge is 2.19. The van der Waals surface area contributed by atoms with E-state index < -0.39 is 5.97 Å². The number of anilines is 1. The molecule has 3 nitrogen and oxygen atoms in total. The van der Waals surface area contributed by atoms with Crippen LogP contribution >= 0.6 is 0 Å². The number of carboxylic acid groups (broad SMARTS) is 1. The molecule has 108 valence electrons. The van der Waals surface area contributed by atoms with Crippen molar-refractivity contribution in [3.63, 3.8) is 0 Å². The molecule has 0 spiro atoms. The van der Waals surface area contributed by atoms with Crippen LogP contribution in [0.4, 0.5) is 5.69 Å². The quantitative estimate of drug-likeness (QED) is 0.850. The van der Waals surface area contributed by atoms with Crippen molar-refractivity contribution in [2.24, 2.45) is 0 Å². The van der Waals surface area contributed by atoms with Gasteiger partial charge in [0.1, 0.15) is 0 Å². The van der Waals surface area contributed by atoms with Crippen LogP contribution in [0.1, 0.15) is 44.7 Å². The fourth-order valence-corrected chi connectivity index (χ4v) is 2.90. The molecule has 0 aromatic heterocycles. The first-order valence-corrected chi connectivity index (χ1v) is 7.36. The van der Waals surface area contributed by atoms with Gasteiger partial charge in [-0.1, -0.05) is 13.0 Å². The van der Waals surface area contributed by atoms with Crippen molar-refractivity contribution < 1.29 is 9.90 Å². The molecule has 0 bridgehead atoms. The van der Waals surface area contributed by atoms with E-state index in [1.165, 1.54) is 23.7 Å². The molecule has 0 amide bonds. The number of fused-ring (bicyclic) bond motifs is 1. The van der Waals surface area contributed by atoms with Crippen LogP contribution < -0.4 is 4.90 Å². The number of benzene rings is 1. The third-order valence-electron chi connectivity index (χ3n) is 3.91. The van der Waals surface area contributed by atoms with E-state index in [-0.39, 0.29) is 0 Å². The monoisotopic (exact) mass is 273 g/mol. The number of hydrogen-bond acceptors (Lipinski definition) is 2. The van der Waals surface area contributed by atoms with Gasteiger partial charge in [-0.05, 0) is 61.9 Å². The van der Waals surface area contributed by atoms with E-state index in [1.54, 1.807) is 0 Å². The number of carbonyl (C=O) groups is 1. The summed E-state index contributed by atoms with van der Waals surface area (Å²) in [5.74, 6) is -0.872. The van der Waals surface area contributed by atoms with Crippen molar-refractivity contribution >= 4 is 17.2 Å². The van der Waals surface area contributed by atoms with Crippen molar-refractivity contribution in [3.05, 3.63) is 35.4 Å². The summed E-state index contributed by atoms with van der Waals surface area (Å²) in [5.41, 5.74) is 4.58. The zero-order valence-electron chi connectivity index (χ0n) is 12.5. The predicted octanol–water partition coefficient (Wildman–Crippen LogP) is 3.73. The van der Waals surface area contributed by atoms with E-state index in [0.717, 1.165) is 30.5 Å². The number of nitrogens with zero attached hydrogens (tertiary/aromatic N) is 1. The minimum atomic E-state index is -0.872. The van der Waals surface area contributed by atoms with Crippen LogP contribution in [0, 0.1) is 0 Å². The molecular formula is C17H23NO2. The largest absolute Gasteiger partial charge is 0.478 e. The van der Waals surface area contributed by atoms with E-state index in [0.29, 0.717) is 6.04 Å². The summed E-state index contributed by atoms with van der Waals surface area (Å²) < 4.78 is 0. The van der Waals surface area contributed by atoms with Gasteiger partial charge < -0.3 is 10.0 Å². The minimum Gasteiger partial charge on any atom is -0.478 e. The van der Waals surface area contributed by atoms with Gasteiger partial charge in [-0.3, -0.25) is 0 Å². The minimum absolute atomic E-state index is 0.500. The summed E-state index contributed by atoms with van der Waals surface area (Å²) >= 11 is 0. The smallest absolute Gasteiger partial charge is 0.328 e. The highest BCUT2D eigenvalue weighted by molar-refractivity contribution is 5.90. The van der Waals surface area contributed by atoms with Crippen molar-refractivity contribution in [3.8, 4) is 0 Å². The highest BCUT2D eigenvalue weighted by atomic mass is 16.4. The second kappa shape index (κ2) is 6.12. The predicted molar refractivity (Wildman–Crippen MR) is 83.1 cm³/mol. The maximum Gasteiger partial charge on any atom is 0.328 e. The van der Waals surface area contributed by atoms with Crippen molar-refractivity contribution in [1.29, 1.82) is 0 Å². The van der Waals surface area contributed by atoms with E-state index in [2.05, 4.69) is 36.9 Å². The van der Waals surface area contributed by atoms with Crippen LogP contribution in [-0.4, -0.2) is 23.7 Å². The molecule has 0 aliphatic carbocycles. The fourth-order valence-electron chi connectivity index (χ4n) is 2.90. The van der Waals surface area contributed by atoms with Crippen LogP contribution in [0.5, 0.6) is 0 Å². The molecule has 0 saturated carbocycles. The molecule has 1 aromatic carbocycles. The number of rotatable bonds is 4. The van der Waals surface area contributed by atoms with Crippen LogP contribution in [0.2, 0.25) is 0 Å². The first-order chi connectivity index (χ1) is 9.52. The average molecular weight is 273 g/mol. The molecular weight excluding hydrogens is 250 g/mol. The molecule has 2 rings (SSSR count). The maximum absolute atomic E-state index is 10.9. The summed E-state index contributed by atoms with van der Waals surface area (Å²) in [4.78, 5) is 13.3. The standard InChI is InChI=1S/C17H23NO2/c1-4-13(11-17(19)20)14-7-8-16-15(10-14)6-5-9-18(16)12(2)3/h7-8,10-12H,4-6,9H2,1-3H3,(H,19,20). The van der Waals surface area contributed by atoms with E-state index >= 15 is 0 Å². The summed E-state index contributed by atoms with van der Waals surface area (Å²) in [6.45, 7) is 7.53. The molecule has 1 heterocycles. The van der Waals surface area contributed by atoms with Crippen molar-refractivity contribution in [1.82, 2.24) is 0 Å². The average Bonchev–Trinajstić information content (AvgIpc) is 2.43. The molecule has 3 heteroatoms. The molecule has 1 N–H and O–H groups in total. The molecule has 1 aliphatic rings. The van der Waals surface area contributed by atoms with Gasteiger partial charge in [0.05, 0.1) is 0 Å². The molecule has 20 heavy (non-hydrogen) atoms. The number of aliphatic carboxylic acids is 1. The highest BCUT2D eigenvalue weighted by Crippen LogP contribution is 2.32. The Balaban J connectivity index is 2.39. The maximum atomic E-state index is 10.9. The van der Waals surface area contributed by atoms with Gasteiger partial charge in [-0.25, -0.2) is 4.79 Å². The third-order valence-corrected chi connectivity index (χ3v) is 3.91. The molecule has 0 atom stereocenters. The summed E-state index contributed by atoms with van der Waals surface area (Å²) in [6, 6.07) is 6.87. The summed E-state index contributed by atoms with van der Waals surface area (Å²) in [6.07, 6.45) is 4.30. The molecule has 0 unspecified atom stereocenters. The van der Waals surface area contributed by atoms with E-state index in [4.69, 9.17) is 5.11 Å². The molecule has 0 fully saturated rings. The zero-order chi connectivity index (χ0) is 14.7. The Bertz CT molecular complexity index is 532. The second-order valence-electron chi connectivity index (χ2n) is 5.60. The van der Waals surface area contributed by atoms with E-state index in [9.17, 15) is 4.79 Å². The first-order valence-electron chi connectivity index (χ1n) is 7.36. The van der Waals surface area contributed by atoms with Crippen molar-refractivity contribution in [2.75, 3.05) is 11.4 Å². The van der Waals surface area contributed by atoms with Crippen LogP contribution in [-0.2, 0) is 11.2 Å². The Morgan fingerprint density at radius 3 is 2.80 bits per heavy atom. The molecule has 0 saturated heterocycles. The van der Waals surface area contributed by atoms with Crippen LogP contribution in [0.15, 0.2) is 24.3 Å². The Hall–Kier alpha value is -1.77. The van der Waals surface area contributed by atoms with Gasteiger partial charge in [-0.15, -0.1) is 0 Å². The second-order valence-corrected chi connectivity index (χ2v) is 5.60. The lowest BCUT2D eigenvalue weighted by atomic mass is 9.94. The number of hydrogen-bond donors (Lipinski definition) is 1. The Morgan fingerprint density at radius 2 is 2.20 bits per heavy atom. The Morgan fingerprint density at radius 1 is 1.45 bits per heavy atom. The normalized spacial score (nSPS) is 15.4. The van der Waals surface area contributed by atoms with Crippen LogP contribution in [0.25, 0.3) is 5.57 Å². The SMILES string of the molecule is CCC(=CC(=O)O)c1ccc2c(c1)CCCN2C(C)C. The zero-order valence-corrected chi connectivity index (χ0v) is 12.5. The molecule has 1 aromatic rings. The molecule has 1 aliphatic heterocycles. The molecule has 0 radical (unpaired) electrons. The van der Waals surface area contributed by atoms with Gasteiger partial charge in [0.15, 0.2) is 0 Å². The van der Waals surface area contributed by atoms with Crippen molar-refractivity contribution in [2.45, 2.75) is 46.1 Å². The van der Waals surface area contributed by atoms with E-state index in [1.807, 2.05) is 6.92 Å². The Kier molecular flexibility index (Phi) is 4.48. The third kappa shape index (κ3) is 3.03. The Labute approximate surface area is 120 Å². The summed E-state index contributed by atoms with van der Waals surface area (Å²) in [7, 11) is 0. The lowest BCUT2D eigenvalue weighted by Gasteiger charge is -2.35. The lowest BCUT2D eigenvalue weighted by molar-refractivity contribution is -0.131. The number of carboxylic acids is 1. The van der Waals surface area contributed by atoms with Gasteiger partial charge in [0.25, 0.3) is 0 Å². The fraction of sp³-hybridized carbons (Fsp3) is 0.471. The summed E-state index contributed by atoms with van der Waals surface area (Å²) in [5, 5.41) is 8.94. The first kappa shape index (κ1) is 14.6. The van der Waals surface area contributed by atoms with Gasteiger partial charge in [0.2, 0.25) is 0 Å². The van der Waals surface area contributed by atoms with Gasteiger partial charge in [-0.2, -0.15) is 0 Å². The van der Waals surface area contributed by atoms with Gasteiger partial charge in [0, 0.05) is 24.4 Å². The number of aryl methyl sites for hydroxylation is 1. The number of allylic oxidation sites excluding steroid dienone is 1. The topological polar surface area (TPSA) is 40.5 Å².